The van der Waals surface area contributed by atoms with Crippen molar-refractivity contribution in [1.82, 2.24) is 9.88 Å². The number of likely N-dealkylation sites (tertiary alicyclic amines) is 1. The van der Waals surface area contributed by atoms with E-state index in [4.69, 9.17) is 0 Å². The first-order valence-corrected chi connectivity index (χ1v) is 9.86. The number of carbonyl (C=O) groups is 1. The average Bonchev–Trinajstić information content (AvgIpc) is 3.23. The maximum atomic E-state index is 12.4. The van der Waals surface area contributed by atoms with Gasteiger partial charge < -0.3 is 14.8 Å². The van der Waals surface area contributed by atoms with Gasteiger partial charge in [-0.1, -0.05) is 38.1 Å². The van der Waals surface area contributed by atoms with E-state index in [9.17, 15) is 4.79 Å². The third-order valence-electron chi connectivity index (χ3n) is 5.59. The normalized spacial score (nSPS) is 19.8. The molecule has 2 atom stereocenters. The minimum Gasteiger partial charge on any atom is -0.351 e. The molecule has 1 aromatic carbocycles. The molecule has 0 radical (unpaired) electrons. The van der Waals surface area contributed by atoms with Gasteiger partial charge in [-0.15, -0.1) is 0 Å². The number of benzene rings is 1. The van der Waals surface area contributed by atoms with Crippen LogP contribution in [0.4, 0.5) is 0 Å². The number of carbonyl (C=O) groups excluding carboxylic acids is 1. The fourth-order valence-corrected chi connectivity index (χ4v) is 4.00. The zero-order valence-electron chi connectivity index (χ0n) is 16.3. The van der Waals surface area contributed by atoms with Gasteiger partial charge in [-0.05, 0) is 35.6 Å². The molecule has 3 rings (SSSR count). The average molecular weight is 355 g/mol. The van der Waals surface area contributed by atoms with Crippen LogP contribution >= 0.6 is 0 Å². The first-order valence-electron chi connectivity index (χ1n) is 9.86. The predicted molar refractivity (Wildman–Crippen MR) is 105 cm³/mol. The molecule has 2 N–H and O–H groups in total. The van der Waals surface area contributed by atoms with Crippen molar-refractivity contribution >= 4 is 5.91 Å². The third kappa shape index (κ3) is 4.55. The van der Waals surface area contributed by atoms with Gasteiger partial charge in [0.15, 0.2) is 6.54 Å². The molecule has 26 heavy (non-hydrogen) atoms. The monoisotopic (exact) mass is 354 g/mol. The molecule has 0 spiro atoms. The number of nitrogens with zero attached hydrogens (tertiary/aromatic N) is 1. The van der Waals surface area contributed by atoms with Gasteiger partial charge in [-0.3, -0.25) is 4.79 Å². The van der Waals surface area contributed by atoms with Crippen molar-refractivity contribution in [2.24, 2.45) is 7.05 Å². The second kappa shape index (κ2) is 8.54. The molecule has 140 valence electrons. The van der Waals surface area contributed by atoms with Crippen LogP contribution in [0.3, 0.4) is 0 Å². The van der Waals surface area contributed by atoms with Gasteiger partial charge >= 0.3 is 0 Å². The molecule has 0 bridgehead atoms. The first kappa shape index (κ1) is 18.7. The van der Waals surface area contributed by atoms with Crippen LogP contribution in [0, 0.1) is 0 Å². The van der Waals surface area contributed by atoms with Crippen LogP contribution in [0.15, 0.2) is 42.6 Å². The van der Waals surface area contributed by atoms with Crippen LogP contribution in [0.1, 0.15) is 55.5 Å². The number of hydrogen-bond donors (Lipinski definition) is 2. The first-order chi connectivity index (χ1) is 12.5. The Morgan fingerprint density at radius 1 is 1.27 bits per heavy atom. The van der Waals surface area contributed by atoms with E-state index in [-0.39, 0.29) is 5.91 Å². The molecule has 4 heteroatoms. The van der Waals surface area contributed by atoms with E-state index < -0.39 is 0 Å². The van der Waals surface area contributed by atoms with Crippen LogP contribution < -0.4 is 10.2 Å². The van der Waals surface area contributed by atoms with Crippen molar-refractivity contribution in [3.05, 3.63) is 59.4 Å². The lowest BCUT2D eigenvalue weighted by atomic mass is 10.0. The Labute approximate surface area is 157 Å². The summed E-state index contributed by atoms with van der Waals surface area (Å²) in [6.45, 7) is 6.78. The molecular weight excluding hydrogens is 322 g/mol. The summed E-state index contributed by atoms with van der Waals surface area (Å²) in [7, 11) is 2.09. The molecule has 2 heterocycles. The van der Waals surface area contributed by atoms with Crippen molar-refractivity contribution < 1.29 is 9.69 Å². The van der Waals surface area contributed by atoms with Crippen LogP contribution in [0.5, 0.6) is 0 Å². The summed E-state index contributed by atoms with van der Waals surface area (Å²) in [4.78, 5) is 13.8. The number of aryl methyl sites for hydroxylation is 1. The van der Waals surface area contributed by atoms with Gasteiger partial charge in [0.25, 0.3) is 5.91 Å². The quantitative estimate of drug-likeness (QED) is 0.786. The van der Waals surface area contributed by atoms with E-state index in [1.54, 1.807) is 0 Å². The summed E-state index contributed by atoms with van der Waals surface area (Å²) in [6.07, 6.45) is 5.35. The van der Waals surface area contributed by atoms with Crippen LogP contribution in [0.2, 0.25) is 0 Å². The molecule has 1 saturated heterocycles. The summed E-state index contributed by atoms with van der Waals surface area (Å²) in [5.74, 6) is 0.726. The van der Waals surface area contributed by atoms with Crippen molar-refractivity contribution in [1.29, 1.82) is 0 Å². The highest BCUT2D eigenvalue weighted by Crippen LogP contribution is 2.18. The smallest absolute Gasteiger partial charge is 0.275 e. The molecule has 1 unspecified atom stereocenters. The lowest BCUT2D eigenvalue weighted by molar-refractivity contribution is -0.911. The number of quaternary nitrogens is 1. The Bertz CT molecular complexity index is 717. The lowest BCUT2D eigenvalue weighted by Crippen LogP contribution is -3.11. The van der Waals surface area contributed by atoms with Gasteiger partial charge in [0.1, 0.15) is 6.04 Å². The Kier molecular flexibility index (Phi) is 6.15. The van der Waals surface area contributed by atoms with E-state index in [1.165, 1.54) is 34.6 Å². The standard InChI is InChI=1S/C22H31N3O/c1-17(2)19-10-8-18(9-11-19)12-13-23-22(26)16-25-15-5-7-21(25)20-6-4-14-24(20)3/h4,6,8-11,14,17,21H,5,7,12-13,15-16H2,1-3H3,(H,23,26)/p+1/t21-/m1/s1. The van der Waals surface area contributed by atoms with E-state index in [0.29, 0.717) is 25.0 Å². The van der Waals surface area contributed by atoms with Gasteiger partial charge in [0.2, 0.25) is 0 Å². The fourth-order valence-electron chi connectivity index (χ4n) is 4.00. The van der Waals surface area contributed by atoms with Crippen molar-refractivity contribution in [2.75, 3.05) is 19.6 Å². The van der Waals surface area contributed by atoms with E-state index in [2.05, 4.69) is 73.4 Å². The lowest BCUT2D eigenvalue weighted by Gasteiger charge is -2.21. The van der Waals surface area contributed by atoms with Crippen LogP contribution in [-0.4, -0.2) is 30.1 Å². The summed E-state index contributed by atoms with van der Waals surface area (Å²) in [5.41, 5.74) is 3.99. The highest BCUT2D eigenvalue weighted by Gasteiger charge is 2.32. The van der Waals surface area contributed by atoms with E-state index in [0.717, 1.165) is 13.0 Å². The Balaban J connectivity index is 1.46. The maximum absolute atomic E-state index is 12.4. The second-order valence-corrected chi connectivity index (χ2v) is 7.82. The van der Waals surface area contributed by atoms with Crippen LogP contribution in [-0.2, 0) is 18.3 Å². The van der Waals surface area contributed by atoms with Crippen LogP contribution in [0.25, 0.3) is 0 Å². The highest BCUT2D eigenvalue weighted by molar-refractivity contribution is 5.76. The summed E-state index contributed by atoms with van der Waals surface area (Å²) in [5, 5.41) is 3.11. The summed E-state index contributed by atoms with van der Waals surface area (Å²) < 4.78 is 2.19. The number of amides is 1. The maximum Gasteiger partial charge on any atom is 0.275 e. The second-order valence-electron chi connectivity index (χ2n) is 7.82. The SMILES string of the molecule is CC(C)c1ccc(CCNC(=O)C[NH+]2CCC[C@@H]2c2cccn2C)cc1. The minimum absolute atomic E-state index is 0.167. The molecule has 4 nitrogen and oxygen atoms in total. The topological polar surface area (TPSA) is 38.5 Å². The van der Waals surface area contributed by atoms with Crippen molar-refractivity contribution in [2.45, 2.75) is 45.1 Å². The minimum atomic E-state index is 0.167. The van der Waals surface area contributed by atoms with Gasteiger partial charge in [0.05, 0.1) is 12.2 Å². The van der Waals surface area contributed by atoms with E-state index >= 15 is 0 Å². The largest absolute Gasteiger partial charge is 0.351 e. The third-order valence-corrected chi connectivity index (χ3v) is 5.59. The molecule has 1 aliphatic rings. The van der Waals surface area contributed by atoms with Crippen molar-refractivity contribution in [3.8, 4) is 0 Å². The molecule has 1 aromatic heterocycles. The zero-order valence-corrected chi connectivity index (χ0v) is 16.3. The Morgan fingerprint density at radius 3 is 2.69 bits per heavy atom. The summed E-state index contributed by atoms with van der Waals surface area (Å²) in [6, 6.07) is 13.5. The number of hydrogen-bond acceptors (Lipinski definition) is 1. The highest BCUT2D eigenvalue weighted by atomic mass is 16.2. The zero-order chi connectivity index (χ0) is 18.5. The molecule has 1 amide bonds. The molecule has 0 aliphatic carbocycles. The van der Waals surface area contributed by atoms with Crippen molar-refractivity contribution in [3.63, 3.8) is 0 Å². The number of nitrogens with one attached hydrogen (secondary N) is 2. The molecular formula is C22H32N3O+. The molecule has 0 saturated carbocycles. The molecule has 1 fully saturated rings. The fraction of sp³-hybridized carbons (Fsp3) is 0.500. The Hall–Kier alpha value is -2.07. The van der Waals surface area contributed by atoms with Gasteiger partial charge in [-0.2, -0.15) is 0 Å². The number of rotatable bonds is 7. The molecule has 1 aliphatic heterocycles. The van der Waals surface area contributed by atoms with Gasteiger partial charge in [-0.25, -0.2) is 0 Å². The Morgan fingerprint density at radius 2 is 2.04 bits per heavy atom. The predicted octanol–water partition coefficient (Wildman–Crippen LogP) is 2.23. The summed E-state index contributed by atoms with van der Waals surface area (Å²) >= 11 is 0. The molecule has 2 aromatic rings. The van der Waals surface area contributed by atoms with E-state index in [1.807, 2.05) is 0 Å². The number of aromatic nitrogens is 1. The van der Waals surface area contributed by atoms with Gasteiger partial charge in [0, 0.05) is 32.6 Å².